The number of benzene rings is 2. The predicted octanol–water partition coefficient (Wildman–Crippen LogP) is 7.05. The van der Waals surface area contributed by atoms with Crippen molar-refractivity contribution in [2.75, 3.05) is 5.43 Å². The predicted molar refractivity (Wildman–Crippen MR) is 142 cm³/mol. The van der Waals surface area contributed by atoms with Crippen LogP contribution in [0.4, 0.5) is 5.95 Å². The lowest BCUT2D eigenvalue weighted by molar-refractivity contribution is 0.574. The van der Waals surface area contributed by atoms with Gasteiger partial charge in [0.15, 0.2) is 0 Å². The third-order valence-electron chi connectivity index (χ3n) is 5.52. The summed E-state index contributed by atoms with van der Waals surface area (Å²) in [5.74, 6) is 2.85. The average Bonchev–Trinajstić information content (AvgIpc) is 3.63. The number of furan rings is 2. The van der Waals surface area contributed by atoms with Gasteiger partial charge in [0.1, 0.15) is 29.4 Å². The molecule has 36 heavy (non-hydrogen) atoms. The van der Waals surface area contributed by atoms with Crippen molar-refractivity contribution in [3.63, 3.8) is 0 Å². The molecule has 180 valence electrons. The van der Waals surface area contributed by atoms with Crippen LogP contribution in [0.3, 0.4) is 0 Å². The van der Waals surface area contributed by atoms with Gasteiger partial charge in [-0.05, 0) is 61.4 Å². The number of hydrogen-bond acceptors (Lipinski definition) is 7. The molecule has 0 spiro atoms. The minimum Gasteiger partial charge on any atom is -0.455 e. The molecule has 0 fully saturated rings. The highest BCUT2D eigenvalue weighted by molar-refractivity contribution is 6.32. The first kappa shape index (κ1) is 23.6. The summed E-state index contributed by atoms with van der Waals surface area (Å²) in [6.07, 6.45) is 4.55. The number of hydrogen-bond donors (Lipinski definition) is 1. The van der Waals surface area contributed by atoms with Gasteiger partial charge in [0.2, 0.25) is 0 Å². The lowest BCUT2D eigenvalue weighted by Gasteiger charge is -2.03. The highest BCUT2D eigenvalue weighted by Crippen LogP contribution is 2.30. The van der Waals surface area contributed by atoms with Gasteiger partial charge in [0.25, 0.3) is 5.95 Å². The Labute approximate surface area is 216 Å². The summed E-state index contributed by atoms with van der Waals surface area (Å²) in [5.41, 5.74) is 6.57. The summed E-state index contributed by atoms with van der Waals surface area (Å²) < 4.78 is 13.2. The molecule has 0 bridgehead atoms. The molecule has 0 aliphatic rings. The maximum atomic E-state index is 6.22. The topological polar surface area (TPSA) is 93.7 Å². The molecule has 8 nitrogen and oxygen atoms in total. The van der Waals surface area contributed by atoms with Crippen LogP contribution in [0.2, 0.25) is 10.0 Å². The van der Waals surface area contributed by atoms with Crippen molar-refractivity contribution in [3.8, 4) is 22.6 Å². The van der Waals surface area contributed by atoms with E-state index in [0.29, 0.717) is 39.0 Å². The van der Waals surface area contributed by atoms with Gasteiger partial charge in [-0.1, -0.05) is 47.5 Å². The van der Waals surface area contributed by atoms with Crippen LogP contribution in [0.25, 0.3) is 22.6 Å². The van der Waals surface area contributed by atoms with Crippen LogP contribution in [0.1, 0.15) is 22.6 Å². The Morgan fingerprint density at radius 1 is 0.806 bits per heavy atom. The fourth-order valence-electron chi connectivity index (χ4n) is 3.54. The highest BCUT2D eigenvalue weighted by atomic mass is 35.5. The molecule has 0 saturated carbocycles. The van der Waals surface area contributed by atoms with Gasteiger partial charge in [-0.15, -0.1) is 10.2 Å². The quantitative estimate of drug-likeness (QED) is 0.184. The van der Waals surface area contributed by atoms with Crippen LogP contribution >= 0.6 is 23.2 Å². The Morgan fingerprint density at radius 3 is 2.00 bits per heavy atom. The standard InChI is InChI=1S/C26H20Cl2N6O2/c1-16-20(5-3-7-22(16)27)24-11-9-18(35-24)13-29-32-26-33-30-15-34(26)31-14-19-10-12-25(36-19)21-6-4-8-23(28)17(21)2/h3-15H,1-2H3,(H,32,33)/b29-13-,31-14+. The summed E-state index contributed by atoms with van der Waals surface area (Å²) in [7, 11) is 0. The van der Waals surface area contributed by atoms with Gasteiger partial charge in [-0.3, -0.25) is 0 Å². The number of nitrogens with one attached hydrogen (secondary N) is 1. The number of aromatic nitrogens is 3. The summed E-state index contributed by atoms with van der Waals surface area (Å²) in [6.45, 7) is 3.90. The van der Waals surface area contributed by atoms with Crippen molar-refractivity contribution >= 4 is 41.6 Å². The van der Waals surface area contributed by atoms with Crippen LogP contribution in [0.5, 0.6) is 0 Å². The van der Waals surface area contributed by atoms with Gasteiger partial charge >= 0.3 is 0 Å². The number of nitrogens with zero attached hydrogens (tertiary/aromatic N) is 5. The van der Waals surface area contributed by atoms with Crippen molar-refractivity contribution in [2.45, 2.75) is 13.8 Å². The second-order valence-corrected chi connectivity index (χ2v) is 8.66. The zero-order chi connectivity index (χ0) is 25.1. The molecule has 1 N–H and O–H groups in total. The van der Waals surface area contributed by atoms with Crippen molar-refractivity contribution < 1.29 is 8.83 Å². The van der Waals surface area contributed by atoms with E-state index >= 15 is 0 Å². The van der Waals surface area contributed by atoms with Crippen molar-refractivity contribution in [3.05, 3.63) is 99.7 Å². The SMILES string of the molecule is Cc1c(Cl)cccc1-c1ccc(/C=N\Nc2nncn2/N=C/c2ccc(-c3cccc(Cl)c3C)o2)o1. The van der Waals surface area contributed by atoms with E-state index in [0.717, 1.165) is 22.3 Å². The molecule has 2 aromatic carbocycles. The molecular formula is C26H20Cl2N6O2. The monoisotopic (exact) mass is 518 g/mol. The second kappa shape index (κ2) is 10.2. The van der Waals surface area contributed by atoms with Crippen LogP contribution in [-0.2, 0) is 0 Å². The van der Waals surface area contributed by atoms with Gasteiger partial charge in [0.05, 0.1) is 12.4 Å². The van der Waals surface area contributed by atoms with Gasteiger partial charge in [0, 0.05) is 21.2 Å². The Bertz CT molecular complexity index is 1580. The van der Waals surface area contributed by atoms with Gasteiger partial charge in [-0.25, -0.2) is 5.43 Å². The van der Waals surface area contributed by atoms with E-state index in [4.69, 9.17) is 32.0 Å². The minimum absolute atomic E-state index is 0.317. The summed E-state index contributed by atoms with van der Waals surface area (Å²) in [4.78, 5) is 0. The van der Waals surface area contributed by atoms with E-state index in [-0.39, 0.29) is 0 Å². The molecule has 5 aromatic rings. The number of halogens is 2. The Morgan fingerprint density at radius 2 is 1.39 bits per heavy atom. The normalized spacial score (nSPS) is 11.7. The van der Waals surface area contributed by atoms with E-state index in [1.54, 1.807) is 6.21 Å². The van der Waals surface area contributed by atoms with E-state index in [9.17, 15) is 0 Å². The molecule has 5 rings (SSSR count). The average molecular weight is 519 g/mol. The van der Waals surface area contributed by atoms with Crippen LogP contribution in [0, 0.1) is 13.8 Å². The molecule has 10 heteroatoms. The molecule has 0 unspecified atom stereocenters. The van der Waals surface area contributed by atoms with E-state index in [2.05, 4.69) is 25.8 Å². The van der Waals surface area contributed by atoms with E-state index in [1.165, 1.54) is 17.2 Å². The molecule has 0 aliphatic carbocycles. The fraction of sp³-hybridized carbons (Fsp3) is 0.0769. The molecule has 0 amide bonds. The maximum Gasteiger partial charge on any atom is 0.265 e. The van der Waals surface area contributed by atoms with Crippen molar-refractivity contribution in [1.29, 1.82) is 0 Å². The summed E-state index contributed by atoms with van der Waals surface area (Å²) in [5, 5.41) is 17.8. The molecule has 0 radical (unpaired) electrons. The van der Waals surface area contributed by atoms with Crippen LogP contribution in [-0.4, -0.2) is 27.3 Å². The van der Waals surface area contributed by atoms with E-state index in [1.807, 2.05) is 74.5 Å². The smallest absolute Gasteiger partial charge is 0.265 e. The van der Waals surface area contributed by atoms with E-state index < -0.39 is 0 Å². The number of hydrazone groups is 1. The lowest BCUT2D eigenvalue weighted by Crippen LogP contribution is -1.98. The molecule has 0 atom stereocenters. The third kappa shape index (κ3) is 4.95. The van der Waals surface area contributed by atoms with Crippen LogP contribution in [0.15, 0.2) is 86.0 Å². The lowest BCUT2D eigenvalue weighted by atomic mass is 10.1. The molecule has 3 aromatic heterocycles. The first-order chi connectivity index (χ1) is 17.5. The third-order valence-corrected chi connectivity index (χ3v) is 6.33. The Balaban J connectivity index is 1.26. The molecule has 0 aliphatic heterocycles. The largest absolute Gasteiger partial charge is 0.455 e. The minimum atomic E-state index is 0.317. The molecule has 0 saturated heterocycles. The second-order valence-electron chi connectivity index (χ2n) is 7.84. The summed E-state index contributed by atoms with van der Waals surface area (Å²) in [6, 6.07) is 18.8. The van der Waals surface area contributed by atoms with Gasteiger partial charge in [-0.2, -0.15) is 14.9 Å². The van der Waals surface area contributed by atoms with Gasteiger partial charge < -0.3 is 8.83 Å². The van der Waals surface area contributed by atoms with Crippen LogP contribution < -0.4 is 5.43 Å². The maximum absolute atomic E-state index is 6.22. The van der Waals surface area contributed by atoms with Crippen molar-refractivity contribution in [1.82, 2.24) is 14.9 Å². The Kier molecular flexibility index (Phi) is 6.71. The molecule has 3 heterocycles. The summed E-state index contributed by atoms with van der Waals surface area (Å²) >= 11 is 12.4. The van der Waals surface area contributed by atoms with Crippen molar-refractivity contribution in [2.24, 2.45) is 10.2 Å². The Hall–Kier alpha value is -4.14. The molecular weight excluding hydrogens is 499 g/mol. The first-order valence-corrected chi connectivity index (χ1v) is 11.7. The number of anilines is 1. The number of rotatable bonds is 7. The zero-order valence-electron chi connectivity index (χ0n) is 19.3. The first-order valence-electron chi connectivity index (χ1n) is 10.9. The highest BCUT2D eigenvalue weighted by Gasteiger charge is 2.10. The zero-order valence-corrected chi connectivity index (χ0v) is 20.8. The fourth-order valence-corrected chi connectivity index (χ4v) is 3.89.